The number of aliphatic hydroxyl groups excluding tert-OH is 1. The molecule has 1 atom stereocenters. The number of unbranched alkanes of at least 4 members (excludes halogenated alkanes) is 1. The average molecular weight is 356 g/mol. The number of hydrogen-bond acceptors (Lipinski definition) is 5. The Hall–Kier alpha value is -1.15. The van der Waals surface area contributed by atoms with Crippen LogP contribution in [0.15, 0.2) is 24.3 Å². The maximum Gasteiger partial charge on any atom is 0.232 e. The molecule has 0 amide bonds. The zero-order valence-electron chi connectivity index (χ0n) is 14.3. The molecule has 1 aliphatic heterocycles. The Kier molecular flexibility index (Phi) is 7.48. The van der Waals surface area contributed by atoms with E-state index in [9.17, 15) is 13.5 Å². The highest BCUT2D eigenvalue weighted by atomic mass is 32.2. The van der Waals surface area contributed by atoms with Crippen LogP contribution in [0.2, 0.25) is 0 Å². The molecule has 6 nitrogen and oxygen atoms in total. The number of rotatable bonds is 9. The number of anilines is 1. The van der Waals surface area contributed by atoms with Crippen molar-refractivity contribution in [3.05, 3.63) is 29.8 Å². The molecule has 136 valence electrons. The number of sulfonamides is 1. The lowest BCUT2D eigenvalue weighted by atomic mass is 10.1. The first-order valence-electron chi connectivity index (χ1n) is 8.59. The van der Waals surface area contributed by atoms with E-state index in [1.54, 1.807) is 24.3 Å². The molecule has 1 aliphatic rings. The predicted molar refractivity (Wildman–Crippen MR) is 95.6 cm³/mol. The highest BCUT2D eigenvalue weighted by Crippen LogP contribution is 2.20. The summed E-state index contributed by atoms with van der Waals surface area (Å²) in [6, 6.07) is 6.97. The molecule has 0 aliphatic carbocycles. The monoisotopic (exact) mass is 356 g/mol. The van der Waals surface area contributed by atoms with E-state index < -0.39 is 16.1 Å². The van der Waals surface area contributed by atoms with E-state index in [-0.39, 0.29) is 5.75 Å². The normalized spacial score (nSPS) is 17.6. The van der Waals surface area contributed by atoms with Gasteiger partial charge in [-0.05, 0) is 30.5 Å². The summed E-state index contributed by atoms with van der Waals surface area (Å²) in [4.78, 5) is 2.28. The summed E-state index contributed by atoms with van der Waals surface area (Å²) >= 11 is 0. The largest absolute Gasteiger partial charge is 0.388 e. The molecule has 1 heterocycles. The molecule has 1 aromatic rings. The fourth-order valence-electron chi connectivity index (χ4n) is 2.63. The Labute approximate surface area is 144 Å². The third-order valence-corrected chi connectivity index (χ3v) is 5.53. The fourth-order valence-corrected chi connectivity index (χ4v) is 3.90. The Balaban J connectivity index is 1.84. The summed E-state index contributed by atoms with van der Waals surface area (Å²) in [7, 11) is -3.29. The molecular weight excluding hydrogens is 328 g/mol. The minimum atomic E-state index is -3.29. The summed E-state index contributed by atoms with van der Waals surface area (Å²) in [5, 5.41) is 10.3. The first-order valence-corrected chi connectivity index (χ1v) is 10.2. The smallest absolute Gasteiger partial charge is 0.232 e. The van der Waals surface area contributed by atoms with E-state index >= 15 is 0 Å². The van der Waals surface area contributed by atoms with Crippen molar-refractivity contribution in [3.8, 4) is 0 Å². The highest BCUT2D eigenvalue weighted by Gasteiger charge is 2.14. The van der Waals surface area contributed by atoms with Crippen molar-refractivity contribution in [1.29, 1.82) is 0 Å². The van der Waals surface area contributed by atoms with Gasteiger partial charge in [0.05, 0.1) is 25.1 Å². The molecule has 1 unspecified atom stereocenters. The fraction of sp³-hybridized carbons (Fsp3) is 0.647. The minimum Gasteiger partial charge on any atom is -0.388 e. The molecule has 24 heavy (non-hydrogen) atoms. The first-order chi connectivity index (χ1) is 11.5. The summed E-state index contributed by atoms with van der Waals surface area (Å²) in [6.45, 7) is 6.11. The van der Waals surface area contributed by atoms with E-state index in [0.29, 0.717) is 18.5 Å². The van der Waals surface area contributed by atoms with E-state index in [4.69, 9.17) is 4.74 Å². The molecule has 2 N–H and O–H groups in total. The average Bonchev–Trinajstić information content (AvgIpc) is 2.59. The molecule has 0 spiro atoms. The van der Waals surface area contributed by atoms with Crippen molar-refractivity contribution in [1.82, 2.24) is 4.90 Å². The highest BCUT2D eigenvalue weighted by molar-refractivity contribution is 7.92. The summed E-state index contributed by atoms with van der Waals surface area (Å²) in [6.07, 6.45) is 1.60. The second kappa shape index (κ2) is 9.36. The lowest BCUT2D eigenvalue weighted by Crippen LogP contribution is -2.37. The van der Waals surface area contributed by atoms with Crippen LogP contribution < -0.4 is 4.72 Å². The molecule has 7 heteroatoms. The molecule has 0 aromatic heterocycles. The van der Waals surface area contributed by atoms with Gasteiger partial charge < -0.3 is 9.84 Å². The maximum atomic E-state index is 11.9. The van der Waals surface area contributed by atoms with Crippen LogP contribution >= 0.6 is 0 Å². The van der Waals surface area contributed by atoms with Crippen molar-refractivity contribution < 1.29 is 18.3 Å². The third kappa shape index (κ3) is 6.39. The maximum absolute atomic E-state index is 11.9. The molecule has 1 saturated heterocycles. The molecule has 0 bridgehead atoms. The first kappa shape index (κ1) is 19.2. The summed E-state index contributed by atoms with van der Waals surface area (Å²) in [5.74, 6) is 0.132. The summed E-state index contributed by atoms with van der Waals surface area (Å²) < 4.78 is 31.6. The van der Waals surface area contributed by atoms with E-state index in [1.165, 1.54) is 0 Å². The third-order valence-electron chi connectivity index (χ3n) is 4.16. The number of nitrogens with zero attached hydrogens (tertiary/aromatic N) is 1. The lowest BCUT2D eigenvalue weighted by Gasteiger charge is -2.27. The number of aliphatic hydroxyl groups is 1. The van der Waals surface area contributed by atoms with Gasteiger partial charge in [-0.3, -0.25) is 9.62 Å². The number of nitrogens with one attached hydrogen (secondary N) is 1. The molecule has 0 radical (unpaired) electrons. The van der Waals surface area contributed by atoms with Gasteiger partial charge in [0.1, 0.15) is 0 Å². The van der Waals surface area contributed by atoms with Gasteiger partial charge in [-0.15, -0.1) is 0 Å². The quantitative estimate of drug-likeness (QED) is 0.707. The van der Waals surface area contributed by atoms with Gasteiger partial charge in [0.15, 0.2) is 0 Å². The minimum absolute atomic E-state index is 0.132. The van der Waals surface area contributed by atoms with Crippen molar-refractivity contribution in [3.63, 3.8) is 0 Å². The Bertz CT molecular complexity index is 583. The second-order valence-corrected chi connectivity index (χ2v) is 8.00. The molecule has 1 fully saturated rings. The van der Waals surface area contributed by atoms with Gasteiger partial charge in [-0.1, -0.05) is 25.5 Å². The van der Waals surface area contributed by atoms with Crippen LogP contribution in [0.4, 0.5) is 5.69 Å². The van der Waals surface area contributed by atoms with Crippen LogP contribution in [-0.2, 0) is 14.8 Å². The van der Waals surface area contributed by atoms with Crippen LogP contribution in [0, 0.1) is 0 Å². The Morgan fingerprint density at radius 2 is 1.92 bits per heavy atom. The topological polar surface area (TPSA) is 78.9 Å². The summed E-state index contributed by atoms with van der Waals surface area (Å²) in [5.41, 5.74) is 1.34. The van der Waals surface area contributed by atoms with Crippen molar-refractivity contribution in [2.24, 2.45) is 0 Å². The lowest BCUT2D eigenvalue weighted by molar-refractivity contribution is 0.0300. The van der Waals surface area contributed by atoms with Gasteiger partial charge in [0.25, 0.3) is 0 Å². The number of benzene rings is 1. The second-order valence-electron chi connectivity index (χ2n) is 6.15. The SMILES string of the molecule is CCCCS(=O)(=O)Nc1ccc(C(O)CCN2CCOCC2)cc1. The number of ether oxygens (including phenoxy) is 1. The molecule has 1 aromatic carbocycles. The zero-order chi connectivity index (χ0) is 17.4. The van der Waals surface area contributed by atoms with Gasteiger partial charge >= 0.3 is 0 Å². The number of hydrogen-bond donors (Lipinski definition) is 2. The van der Waals surface area contributed by atoms with E-state index in [0.717, 1.165) is 44.8 Å². The zero-order valence-corrected chi connectivity index (χ0v) is 15.1. The van der Waals surface area contributed by atoms with Gasteiger partial charge in [0, 0.05) is 25.3 Å². The van der Waals surface area contributed by atoms with Crippen LogP contribution in [0.1, 0.15) is 37.9 Å². The van der Waals surface area contributed by atoms with Gasteiger partial charge in [-0.2, -0.15) is 0 Å². The van der Waals surface area contributed by atoms with Crippen LogP contribution in [-0.4, -0.2) is 57.0 Å². The molecular formula is C17H28N2O4S. The van der Waals surface area contributed by atoms with Crippen LogP contribution in [0.25, 0.3) is 0 Å². The van der Waals surface area contributed by atoms with E-state index in [2.05, 4.69) is 9.62 Å². The standard InChI is InChI=1S/C17H28N2O4S/c1-2-3-14-24(21,22)18-16-6-4-15(5-7-16)17(20)8-9-19-10-12-23-13-11-19/h4-7,17-18,20H,2-3,8-14H2,1H3. The van der Waals surface area contributed by atoms with Crippen molar-refractivity contribution in [2.75, 3.05) is 43.3 Å². The van der Waals surface area contributed by atoms with Crippen molar-refractivity contribution >= 4 is 15.7 Å². The van der Waals surface area contributed by atoms with E-state index in [1.807, 2.05) is 6.92 Å². The van der Waals surface area contributed by atoms with Gasteiger partial charge in [0.2, 0.25) is 10.0 Å². The predicted octanol–water partition coefficient (Wildman–Crippen LogP) is 1.98. The molecule has 2 rings (SSSR count). The Morgan fingerprint density at radius 1 is 1.25 bits per heavy atom. The molecule has 0 saturated carbocycles. The Morgan fingerprint density at radius 3 is 2.54 bits per heavy atom. The van der Waals surface area contributed by atoms with Crippen molar-refractivity contribution in [2.45, 2.75) is 32.3 Å². The number of morpholine rings is 1. The van der Waals surface area contributed by atoms with Gasteiger partial charge in [-0.25, -0.2) is 8.42 Å². The van der Waals surface area contributed by atoms with Crippen LogP contribution in [0.5, 0.6) is 0 Å². The van der Waals surface area contributed by atoms with Crippen LogP contribution in [0.3, 0.4) is 0 Å².